The molecule has 26 heavy (non-hydrogen) atoms. The summed E-state index contributed by atoms with van der Waals surface area (Å²) in [5, 5.41) is 10.8. The van der Waals surface area contributed by atoms with Crippen LogP contribution in [0, 0.1) is 5.92 Å². The van der Waals surface area contributed by atoms with Crippen molar-refractivity contribution in [2.45, 2.75) is 57.3 Å². The molecule has 6 atom stereocenters. The van der Waals surface area contributed by atoms with Crippen LogP contribution in [0.2, 0.25) is 0 Å². The lowest BCUT2D eigenvalue weighted by atomic mass is 9.97. The Kier molecular flexibility index (Phi) is 6.26. The van der Waals surface area contributed by atoms with Crippen molar-refractivity contribution in [2.24, 2.45) is 5.92 Å². The van der Waals surface area contributed by atoms with Crippen LogP contribution >= 0.6 is 0 Å². The summed E-state index contributed by atoms with van der Waals surface area (Å²) in [6.07, 6.45) is -4.45. The molecular formula is C19H26O7. The third kappa shape index (κ3) is 4.24. The number of rotatable bonds is 5. The average Bonchev–Trinajstić information content (AvgIpc) is 2.63. The van der Waals surface area contributed by atoms with Crippen LogP contribution in [0.1, 0.15) is 32.1 Å². The number of hydrogen-bond acceptors (Lipinski definition) is 7. The summed E-state index contributed by atoms with van der Waals surface area (Å²) in [6, 6.07) is 9.46. The summed E-state index contributed by atoms with van der Waals surface area (Å²) in [4.78, 5) is 12.1. The van der Waals surface area contributed by atoms with Crippen LogP contribution < -0.4 is 0 Å². The summed E-state index contributed by atoms with van der Waals surface area (Å²) in [6.45, 7) is 4.09. The van der Waals surface area contributed by atoms with E-state index < -0.39 is 43.0 Å². The maximum absolute atomic E-state index is 12.1. The number of esters is 1. The molecule has 2 aliphatic heterocycles. The molecule has 144 valence electrons. The van der Waals surface area contributed by atoms with Crippen molar-refractivity contribution in [3.63, 3.8) is 0 Å². The van der Waals surface area contributed by atoms with Crippen molar-refractivity contribution in [3.8, 4) is 0 Å². The van der Waals surface area contributed by atoms with Gasteiger partial charge in [-0.15, -0.1) is 0 Å². The highest BCUT2D eigenvalue weighted by atomic mass is 16.8. The third-order valence-corrected chi connectivity index (χ3v) is 4.46. The standard InChI is InChI=1S/C19H26O7/c1-11(2)9-14(20)25-17-15(21)16-13(24-19(17)22-3)10-23-18(26-16)12-7-5-4-6-8-12/h4-8,11,13,15-19,21H,9-10H2,1-3H3/t13-,15+,16-,17-,18?,19+/m1/s1. The van der Waals surface area contributed by atoms with Gasteiger partial charge >= 0.3 is 5.97 Å². The molecule has 0 spiro atoms. The van der Waals surface area contributed by atoms with E-state index in [-0.39, 0.29) is 18.9 Å². The van der Waals surface area contributed by atoms with E-state index in [1.165, 1.54) is 7.11 Å². The van der Waals surface area contributed by atoms with Crippen molar-refractivity contribution in [2.75, 3.05) is 13.7 Å². The minimum absolute atomic E-state index is 0.152. The number of fused-ring (bicyclic) bond motifs is 1. The highest BCUT2D eigenvalue weighted by Gasteiger charge is 2.51. The van der Waals surface area contributed by atoms with Crippen LogP contribution in [0.3, 0.4) is 0 Å². The summed E-state index contributed by atoms with van der Waals surface area (Å²) in [5.41, 5.74) is 0.848. The molecule has 7 nitrogen and oxygen atoms in total. The summed E-state index contributed by atoms with van der Waals surface area (Å²) >= 11 is 0. The molecule has 0 amide bonds. The Morgan fingerprint density at radius 1 is 1.27 bits per heavy atom. The first-order valence-corrected chi connectivity index (χ1v) is 8.87. The van der Waals surface area contributed by atoms with Gasteiger partial charge in [-0.1, -0.05) is 44.2 Å². The highest BCUT2D eigenvalue weighted by molar-refractivity contribution is 5.69. The predicted molar refractivity (Wildman–Crippen MR) is 91.0 cm³/mol. The molecule has 1 aromatic carbocycles. The lowest BCUT2D eigenvalue weighted by molar-refractivity contribution is -0.358. The smallest absolute Gasteiger partial charge is 0.306 e. The first kappa shape index (κ1) is 19.3. The summed E-state index contributed by atoms with van der Waals surface area (Å²) < 4.78 is 28.2. The van der Waals surface area contributed by atoms with Gasteiger partial charge in [-0.3, -0.25) is 4.79 Å². The zero-order valence-electron chi connectivity index (χ0n) is 15.2. The first-order chi connectivity index (χ1) is 12.5. The molecule has 2 saturated heterocycles. The minimum Gasteiger partial charge on any atom is -0.454 e. The number of aliphatic hydroxyl groups excluding tert-OH is 1. The molecule has 2 fully saturated rings. The van der Waals surface area contributed by atoms with Gasteiger partial charge in [0.25, 0.3) is 0 Å². The maximum Gasteiger partial charge on any atom is 0.306 e. The van der Waals surface area contributed by atoms with Gasteiger partial charge in [0.15, 0.2) is 18.7 Å². The van der Waals surface area contributed by atoms with Gasteiger partial charge in [0.2, 0.25) is 0 Å². The van der Waals surface area contributed by atoms with Crippen LogP contribution in [-0.4, -0.2) is 55.5 Å². The second kappa shape index (κ2) is 8.45. The zero-order chi connectivity index (χ0) is 18.7. The van der Waals surface area contributed by atoms with Crippen molar-refractivity contribution in [1.82, 2.24) is 0 Å². The molecule has 0 saturated carbocycles. The maximum atomic E-state index is 12.1. The van der Waals surface area contributed by atoms with Gasteiger partial charge in [0.1, 0.15) is 18.3 Å². The number of aliphatic hydroxyl groups is 1. The number of methoxy groups -OCH3 is 1. The van der Waals surface area contributed by atoms with Crippen LogP contribution in [0.4, 0.5) is 0 Å². The van der Waals surface area contributed by atoms with Crippen molar-refractivity contribution >= 4 is 5.97 Å². The van der Waals surface area contributed by atoms with Gasteiger partial charge in [-0.25, -0.2) is 0 Å². The van der Waals surface area contributed by atoms with Gasteiger partial charge in [0, 0.05) is 19.1 Å². The Labute approximate surface area is 153 Å². The van der Waals surface area contributed by atoms with E-state index in [4.69, 9.17) is 23.7 Å². The van der Waals surface area contributed by atoms with Gasteiger partial charge in [0.05, 0.1) is 6.61 Å². The van der Waals surface area contributed by atoms with Gasteiger partial charge < -0.3 is 28.8 Å². The van der Waals surface area contributed by atoms with Crippen LogP contribution in [-0.2, 0) is 28.5 Å². The van der Waals surface area contributed by atoms with E-state index >= 15 is 0 Å². The SMILES string of the molecule is CO[C@H]1O[C@@H]2COC(c3ccccc3)O[C@H]2[C@H](O)[C@H]1OC(=O)CC(C)C. The first-order valence-electron chi connectivity index (χ1n) is 8.87. The Morgan fingerprint density at radius 3 is 2.65 bits per heavy atom. The molecule has 3 rings (SSSR count). The predicted octanol–water partition coefficient (Wildman–Crippen LogP) is 1.79. The summed E-state index contributed by atoms with van der Waals surface area (Å²) in [7, 11) is 1.44. The fourth-order valence-electron chi connectivity index (χ4n) is 3.19. The molecule has 0 aromatic heterocycles. The highest BCUT2D eigenvalue weighted by Crippen LogP contribution is 2.35. The number of ether oxygens (including phenoxy) is 5. The molecule has 1 unspecified atom stereocenters. The van der Waals surface area contributed by atoms with Crippen molar-refractivity contribution in [1.29, 1.82) is 0 Å². The molecule has 2 heterocycles. The second-order valence-corrected chi connectivity index (χ2v) is 7.00. The lowest BCUT2D eigenvalue weighted by Gasteiger charge is -2.46. The lowest BCUT2D eigenvalue weighted by Crippen LogP contribution is -2.63. The fraction of sp³-hybridized carbons (Fsp3) is 0.632. The minimum atomic E-state index is -1.08. The molecule has 0 bridgehead atoms. The topological polar surface area (TPSA) is 83.5 Å². The molecule has 1 aromatic rings. The molecule has 2 aliphatic rings. The van der Waals surface area contributed by atoms with E-state index in [1.54, 1.807) is 0 Å². The molecule has 0 aliphatic carbocycles. The van der Waals surface area contributed by atoms with Crippen LogP contribution in [0.25, 0.3) is 0 Å². The zero-order valence-corrected chi connectivity index (χ0v) is 15.2. The third-order valence-electron chi connectivity index (χ3n) is 4.46. The fourth-order valence-corrected chi connectivity index (χ4v) is 3.19. The second-order valence-electron chi connectivity index (χ2n) is 7.00. The van der Waals surface area contributed by atoms with E-state index in [0.29, 0.717) is 0 Å². The normalized spacial score (nSPS) is 34.3. The van der Waals surface area contributed by atoms with Crippen molar-refractivity contribution in [3.05, 3.63) is 35.9 Å². The van der Waals surface area contributed by atoms with Crippen molar-refractivity contribution < 1.29 is 33.6 Å². The van der Waals surface area contributed by atoms with E-state index in [0.717, 1.165) is 5.56 Å². The van der Waals surface area contributed by atoms with Crippen LogP contribution in [0.15, 0.2) is 30.3 Å². The van der Waals surface area contributed by atoms with Gasteiger partial charge in [-0.05, 0) is 5.92 Å². The Morgan fingerprint density at radius 2 is 2.00 bits per heavy atom. The molecular weight excluding hydrogens is 340 g/mol. The molecule has 7 heteroatoms. The van der Waals surface area contributed by atoms with E-state index in [2.05, 4.69) is 0 Å². The number of carbonyl (C=O) groups is 1. The number of hydrogen-bond donors (Lipinski definition) is 1. The number of carbonyl (C=O) groups excluding carboxylic acids is 1. The quantitative estimate of drug-likeness (QED) is 0.796. The van der Waals surface area contributed by atoms with E-state index in [1.807, 2.05) is 44.2 Å². The van der Waals surface area contributed by atoms with Gasteiger partial charge in [-0.2, -0.15) is 0 Å². The summed E-state index contributed by atoms with van der Waals surface area (Å²) in [5.74, 6) is -0.250. The molecule has 0 radical (unpaired) electrons. The largest absolute Gasteiger partial charge is 0.454 e. The molecule has 1 N–H and O–H groups in total. The average molecular weight is 366 g/mol. The Bertz CT molecular complexity index is 591. The van der Waals surface area contributed by atoms with E-state index in [9.17, 15) is 9.90 Å². The monoisotopic (exact) mass is 366 g/mol. The van der Waals surface area contributed by atoms with Crippen LogP contribution in [0.5, 0.6) is 0 Å². The Balaban J connectivity index is 1.71. The number of benzene rings is 1. The Hall–Kier alpha value is -1.51.